The van der Waals surface area contributed by atoms with Gasteiger partial charge >= 0.3 is 12.1 Å². The molecule has 0 aromatic heterocycles. The van der Waals surface area contributed by atoms with Crippen molar-refractivity contribution in [1.82, 2.24) is 0 Å². The Morgan fingerprint density at radius 1 is 1.04 bits per heavy atom. The zero-order valence-corrected chi connectivity index (χ0v) is 14.9. The quantitative estimate of drug-likeness (QED) is 0.713. The number of carbonyl (C=O) groups excluding carboxylic acids is 1. The van der Waals surface area contributed by atoms with Gasteiger partial charge in [0.25, 0.3) is 0 Å². The highest BCUT2D eigenvalue weighted by Crippen LogP contribution is 2.69. The Balaban J connectivity index is 1.61. The second kappa shape index (κ2) is 5.60. The number of halogens is 3. The van der Waals surface area contributed by atoms with E-state index in [4.69, 9.17) is 0 Å². The second-order valence-electron chi connectivity index (χ2n) is 8.20. The minimum atomic E-state index is -4.90. The SMILES string of the molecule is Cc1cc(-c2ccccc2NC(=O)C(F)(F)F)c2c(c1)C1C3CCC(C3)C21. The number of rotatable bonds is 2. The Labute approximate surface area is 155 Å². The van der Waals surface area contributed by atoms with Gasteiger partial charge in [0.2, 0.25) is 0 Å². The Bertz CT molecular complexity index is 949. The normalized spacial score (nSPS) is 27.7. The highest BCUT2D eigenvalue weighted by molar-refractivity contribution is 5.99. The van der Waals surface area contributed by atoms with Crippen LogP contribution in [0, 0.1) is 18.8 Å². The van der Waals surface area contributed by atoms with E-state index in [2.05, 4.69) is 17.4 Å². The van der Waals surface area contributed by atoms with E-state index in [1.54, 1.807) is 12.1 Å². The summed E-state index contributed by atoms with van der Waals surface area (Å²) in [4.78, 5) is 11.5. The molecule has 0 aliphatic heterocycles. The summed E-state index contributed by atoms with van der Waals surface area (Å²) in [6.45, 7) is 2.03. The Kier molecular flexibility index (Phi) is 3.49. The number of anilines is 1. The van der Waals surface area contributed by atoms with E-state index < -0.39 is 12.1 Å². The van der Waals surface area contributed by atoms with Crippen LogP contribution in [0.4, 0.5) is 18.9 Å². The Morgan fingerprint density at radius 2 is 1.74 bits per heavy atom. The molecule has 2 bridgehead atoms. The van der Waals surface area contributed by atoms with Crippen molar-refractivity contribution in [3.63, 3.8) is 0 Å². The molecule has 0 heterocycles. The van der Waals surface area contributed by atoms with Crippen molar-refractivity contribution in [2.24, 2.45) is 11.8 Å². The minimum absolute atomic E-state index is 0.222. The molecule has 2 saturated carbocycles. The fraction of sp³-hybridized carbons (Fsp3) is 0.409. The topological polar surface area (TPSA) is 29.1 Å². The summed E-state index contributed by atoms with van der Waals surface area (Å²) >= 11 is 0. The summed E-state index contributed by atoms with van der Waals surface area (Å²) in [5.41, 5.74) is 5.67. The third kappa shape index (κ3) is 2.43. The maximum Gasteiger partial charge on any atom is 0.471 e. The van der Waals surface area contributed by atoms with Gasteiger partial charge in [0, 0.05) is 11.3 Å². The zero-order chi connectivity index (χ0) is 18.9. The third-order valence-corrected chi connectivity index (χ3v) is 6.69. The van der Waals surface area contributed by atoms with Crippen LogP contribution in [0.25, 0.3) is 11.1 Å². The van der Waals surface area contributed by atoms with Crippen LogP contribution in [0.15, 0.2) is 36.4 Å². The molecule has 1 amide bonds. The molecule has 0 saturated heterocycles. The molecule has 5 rings (SSSR count). The van der Waals surface area contributed by atoms with Gasteiger partial charge in [0.05, 0.1) is 0 Å². The van der Waals surface area contributed by atoms with Crippen LogP contribution in [-0.2, 0) is 4.79 Å². The number of aryl methyl sites for hydroxylation is 1. The van der Waals surface area contributed by atoms with Crippen LogP contribution >= 0.6 is 0 Å². The molecule has 2 fully saturated rings. The number of benzene rings is 2. The first kappa shape index (κ1) is 16.8. The number of nitrogens with one attached hydrogen (secondary N) is 1. The largest absolute Gasteiger partial charge is 0.471 e. The first-order valence-corrected chi connectivity index (χ1v) is 9.46. The van der Waals surface area contributed by atoms with Crippen LogP contribution < -0.4 is 5.32 Å². The predicted molar refractivity (Wildman–Crippen MR) is 97.6 cm³/mol. The van der Waals surface area contributed by atoms with E-state index >= 15 is 0 Å². The van der Waals surface area contributed by atoms with E-state index in [0.717, 1.165) is 17.0 Å². The maximum atomic E-state index is 12.8. The van der Waals surface area contributed by atoms with Gasteiger partial charge in [-0.15, -0.1) is 0 Å². The number of hydrogen-bond donors (Lipinski definition) is 1. The zero-order valence-electron chi connectivity index (χ0n) is 14.9. The Morgan fingerprint density at radius 3 is 2.48 bits per heavy atom. The number of alkyl halides is 3. The average Bonchev–Trinajstić information content (AvgIpc) is 3.17. The molecule has 2 aromatic rings. The fourth-order valence-electron chi connectivity index (χ4n) is 5.77. The third-order valence-electron chi connectivity index (χ3n) is 6.69. The van der Waals surface area contributed by atoms with Gasteiger partial charge < -0.3 is 5.32 Å². The van der Waals surface area contributed by atoms with Crippen LogP contribution in [-0.4, -0.2) is 12.1 Å². The lowest BCUT2D eigenvalue weighted by molar-refractivity contribution is -0.167. The molecule has 3 aliphatic rings. The molecular formula is C22H20F3NO. The lowest BCUT2D eigenvalue weighted by atomic mass is 9.59. The number of hydrogen-bond acceptors (Lipinski definition) is 1. The smallest absolute Gasteiger partial charge is 0.318 e. The molecular weight excluding hydrogens is 351 g/mol. The van der Waals surface area contributed by atoms with Crippen molar-refractivity contribution in [2.45, 2.75) is 44.2 Å². The van der Waals surface area contributed by atoms with Crippen molar-refractivity contribution < 1.29 is 18.0 Å². The summed E-state index contributed by atoms with van der Waals surface area (Å²) in [6.07, 6.45) is -1.08. The first-order chi connectivity index (χ1) is 12.8. The summed E-state index contributed by atoms with van der Waals surface area (Å²) in [6, 6.07) is 11.1. The number of para-hydroxylation sites is 1. The Hall–Kier alpha value is -2.30. The van der Waals surface area contributed by atoms with Gasteiger partial charge in [-0.2, -0.15) is 13.2 Å². The van der Waals surface area contributed by atoms with Crippen molar-refractivity contribution in [1.29, 1.82) is 0 Å². The number of carbonyl (C=O) groups is 1. The van der Waals surface area contributed by atoms with Crippen molar-refractivity contribution in [2.75, 3.05) is 5.32 Å². The molecule has 0 spiro atoms. The molecule has 0 radical (unpaired) electrons. The highest BCUT2D eigenvalue weighted by Gasteiger charge is 2.56. The summed E-state index contributed by atoms with van der Waals surface area (Å²) in [7, 11) is 0. The molecule has 140 valence electrons. The van der Waals surface area contributed by atoms with Gasteiger partial charge in [0.1, 0.15) is 0 Å². The molecule has 2 aromatic carbocycles. The van der Waals surface area contributed by atoms with E-state index in [9.17, 15) is 18.0 Å². The molecule has 5 heteroatoms. The predicted octanol–water partition coefficient (Wildman–Crippen LogP) is 5.77. The van der Waals surface area contributed by atoms with Crippen molar-refractivity contribution in [3.8, 4) is 11.1 Å². The molecule has 3 aliphatic carbocycles. The van der Waals surface area contributed by atoms with Crippen LogP contribution in [0.2, 0.25) is 0 Å². The lowest BCUT2D eigenvalue weighted by Crippen LogP contribution is -2.31. The summed E-state index contributed by atoms with van der Waals surface area (Å²) < 4.78 is 38.3. The molecule has 27 heavy (non-hydrogen) atoms. The van der Waals surface area contributed by atoms with E-state index in [-0.39, 0.29) is 5.69 Å². The van der Waals surface area contributed by atoms with E-state index in [0.29, 0.717) is 23.3 Å². The standard InChI is InChI=1S/C22H20F3NO/c1-11-8-15(14-4-2-3-5-17(14)26-21(27)22(23,24)25)20-16(9-11)18-12-6-7-13(10-12)19(18)20/h2-5,8-9,12-13,18-19H,6-7,10H2,1H3,(H,26,27). The molecule has 4 unspecified atom stereocenters. The van der Waals surface area contributed by atoms with E-state index in [1.807, 2.05) is 19.1 Å². The van der Waals surface area contributed by atoms with Gasteiger partial charge in [-0.25, -0.2) is 0 Å². The monoisotopic (exact) mass is 371 g/mol. The van der Waals surface area contributed by atoms with Crippen molar-refractivity contribution >= 4 is 11.6 Å². The van der Waals surface area contributed by atoms with E-state index in [1.165, 1.54) is 30.4 Å². The molecule has 1 N–H and O–H groups in total. The highest BCUT2D eigenvalue weighted by atomic mass is 19.4. The number of fused-ring (bicyclic) bond motifs is 8. The summed E-state index contributed by atoms with van der Waals surface area (Å²) in [5.74, 6) is 0.683. The van der Waals surface area contributed by atoms with Gasteiger partial charge in [-0.05, 0) is 72.6 Å². The summed E-state index contributed by atoms with van der Waals surface area (Å²) in [5, 5.41) is 2.07. The van der Waals surface area contributed by atoms with Crippen LogP contribution in [0.3, 0.4) is 0 Å². The maximum absolute atomic E-state index is 12.8. The van der Waals surface area contributed by atoms with Gasteiger partial charge in [-0.3, -0.25) is 4.79 Å². The molecule has 4 atom stereocenters. The lowest BCUT2D eigenvalue weighted by Gasteiger charge is -2.44. The average molecular weight is 371 g/mol. The minimum Gasteiger partial charge on any atom is -0.318 e. The van der Waals surface area contributed by atoms with Crippen LogP contribution in [0.1, 0.15) is 47.8 Å². The van der Waals surface area contributed by atoms with Crippen LogP contribution in [0.5, 0.6) is 0 Å². The first-order valence-electron chi connectivity index (χ1n) is 9.46. The number of amides is 1. The second-order valence-corrected chi connectivity index (χ2v) is 8.20. The fourth-order valence-corrected chi connectivity index (χ4v) is 5.77. The van der Waals surface area contributed by atoms with Gasteiger partial charge in [-0.1, -0.05) is 35.9 Å². The van der Waals surface area contributed by atoms with Gasteiger partial charge in [0.15, 0.2) is 0 Å². The molecule has 2 nitrogen and oxygen atoms in total. The van der Waals surface area contributed by atoms with Crippen molar-refractivity contribution in [3.05, 3.63) is 53.1 Å².